The van der Waals surface area contributed by atoms with Crippen LogP contribution in [0.15, 0.2) is 40.9 Å². The van der Waals surface area contributed by atoms with Crippen molar-refractivity contribution in [2.24, 2.45) is 0 Å². The fourth-order valence-corrected chi connectivity index (χ4v) is 2.44. The van der Waals surface area contributed by atoms with Crippen LogP contribution in [0.25, 0.3) is 0 Å². The van der Waals surface area contributed by atoms with Crippen molar-refractivity contribution in [2.45, 2.75) is 6.92 Å². The van der Waals surface area contributed by atoms with E-state index in [-0.39, 0.29) is 11.3 Å². The lowest BCUT2D eigenvalue weighted by Crippen LogP contribution is -2.12. The molecule has 2 aromatic carbocycles. The van der Waals surface area contributed by atoms with E-state index >= 15 is 0 Å². The largest absolute Gasteiger partial charge is 0.496 e. The third-order valence-electron chi connectivity index (χ3n) is 3.08. The zero-order valence-electron chi connectivity index (χ0n) is 11.9. The number of nitro benzene ring substituents is 1. The summed E-state index contributed by atoms with van der Waals surface area (Å²) >= 11 is 3.33. The van der Waals surface area contributed by atoms with Gasteiger partial charge in [-0.1, -0.05) is 6.07 Å². The van der Waals surface area contributed by atoms with Gasteiger partial charge in [0.1, 0.15) is 5.75 Å². The Bertz CT molecular complexity index is 746. The summed E-state index contributed by atoms with van der Waals surface area (Å²) in [6.07, 6.45) is 0. The van der Waals surface area contributed by atoms with E-state index < -0.39 is 10.8 Å². The number of aryl methyl sites for hydroxylation is 1. The van der Waals surface area contributed by atoms with Crippen LogP contribution in [0, 0.1) is 17.0 Å². The predicted octanol–water partition coefficient (Wildman–Crippen LogP) is 3.93. The summed E-state index contributed by atoms with van der Waals surface area (Å²) in [5.41, 5.74) is 1.21. The minimum atomic E-state index is -0.504. The monoisotopic (exact) mass is 364 g/mol. The number of carbonyl (C=O) groups is 1. The fraction of sp³-hybridized carbons (Fsp3) is 0.133. The molecule has 0 unspecified atom stereocenters. The lowest BCUT2D eigenvalue weighted by atomic mass is 10.1. The maximum Gasteiger partial charge on any atom is 0.273 e. The van der Waals surface area contributed by atoms with Gasteiger partial charge in [0, 0.05) is 22.9 Å². The molecule has 0 saturated carbocycles. The van der Waals surface area contributed by atoms with Gasteiger partial charge in [0.25, 0.3) is 11.6 Å². The predicted molar refractivity (Wildman–Crippen MR) is 86.5 cm³/mol. The van der Waals surface area contributed by atoms with Crippen LogP contribution in [0.5, 0.6) is 5.75 Å². The second-order valence-electron chi connectivity index (χ2n) is 4.56. The average Bonchev–Trinajstić information content (AvgIpc) is 2.47. The minimum absolute atomic E-state index is 0.0800. The first-order valence-electron chi connectivity index (χ1n) is 6.32. The lowest BCUT2D eigenvalue weighted by Gasteiger charge is -2.08. The zero-order valence-corrected chi connectivity index (χ0v) is 13.5. The normalized spacial score (nSPS) is 10.1. The summed E-state index contributed by atoms with van der Waals surface area (Å²) in [7, 11) is 1.55. The maximum absolute atomic E-state index is 12.2. The molecule has 0 radical (unpaired) electrons. The van der Waals surface area contributed by atoms with Gasteiger partial charge in [-0.05, 0) is 47.1 Å². The molecule has 1 amide bonds. The van der Waals surface area contributed by atoms with Gasteiger partial charge in [0.2, 0.25) is 0 Å². The van der Waals surface area contributed by atoms with E-state index in [2.05, 4.69) is 21.2 Å². The lowest BCUT2D eigenvalue weighted by molar-refractivity contribution is -0.385. The molecule has 114 valence electrons. The van der Waals surface area contributed by atoms with Crippen LogP contribution < -0.4 is 10.1 Å². The quantitative estimate of drug-likeness (QED) is 0.658. The number of amides is 1. The molecule has 0 aliphatic carbocycles. The second kappa shape index (κ2) is 6.57. The van der Waals surface area contributed by atoms with E-state index in [0.29, 0.717) is 21.5 Å². The maximum atomic E-state index is 12.2. The highest BCUT2D eigenvalue weighted by molar-refractivity contribution is 9.10. The Hall–Kier alpha value is -2.41. The summed E-state index contributed by atoms with van der Waals surface area (Å²) in [5.74, 6) is 0.226. The van der Waals surface area contributed by atoms with Crippen LogP contribution in [-0.4, -0.2) is 17.9 Å². The van der Waals surface area contributed by atoms with Gasteiger partial charge in [0.15, 0.2) is 0 Å². The molecule has 0 fully saturated rings. The van der Waals surface area contributed by atoms with E-state index in [1.165, 1.54) is 6.07 Å². The van der Waals surface area contributed by atoms with E-state index in [1.54, 1.807) is 44.4 Å². The molecule has 0 atom stereocenters. The second-order valence-corrected chi connectivity index (χ2v) is 5.42. The number of hydrogen-bond acceptors (Lipinski definition) is 4. The minimum Gasteiger partial charge on any atom is -0.496 e. The van der Waals surface area contributed by atoms with Crippen molar-refractivity contribution in [1.82, 2.24) is 0 Å². The van der Waals surface area contributed by atoms with Crippen molar-refractivity contribution in [1.29, 1.82) is 0 Å². The number of rotatable bonds is 4. The number of nitrogens with one attached hydrogen (secondary N) is 1. The molecule has 0 aliphatic rings. The molecule has 0 heterocycles. The van der Waals surface area contributed by atoms with Crippen LogP contribution in [0.1, 0.15) is 15.9 Å². The molecule has 2 aromatic rings. The number of hydrogen-bond donors (Lipinski definition) is 1. The Balaban J connectivity index is 2.24. The average molecular weight is 365 g/mol. The topological polar surface area (TPSA) is 81.5 Å². The van der Waals surface area contributed by atoms with Gasteiger partial charge in [-0.25, -0.2) is 0 Å². The summed E-state index contributed by atoms with van der Waals surface area (Å²) in [6, 6.07) is 9.46. The van der Waals surface area contributed by atoms with Gasteiger partial charge in [-0.2, -0.15) is 0 Å². The molecule has 6 nitrogen and oxygen atoms in total. The van der Waals surface area contributed by atoms with Crippen LogP contribution >= 0.6 is 15.9 Å². The summed E-state index contributed by atoms with van der Waals surface area (Å²) in [5, 5.41) is 13.6. The smallest absolute Gasteiger partial charge is 0.273 e. The standard InChI is InChI=1S/C15H13BrN2O4/c1-9-3-4-10(7-13(9)18(20)21)15(19)17-11-5-6-14(22-2)12(16)8-11/h3-8H,1-2H3,(H,17,19). The van der Waals surface area contributed by atoms with Crippen molar-refractivity contribution >= 4 is 33.2 Å². The first-order valence-corrected chi connectivity index (χ1v) is 7.11. The molecule has 2 rings (SSSR count). The van der Waals surface area contributed by atoms with Crippen molar-refractivity contribution in [3.05, 3.63) is 62.1 Å². The molecular weight excluding hydrogens is 352 g/mol. The first-order chi connectivity index (χ1) is 10.4. The van der Waals surface area contributed by atoms with Gasteiger partial charge in [-0.15, -0.1) is 0 Å². The Morgan fingerprint density at radius 3 is 2.59 bits per heavy atom. The SMILES string of the molecule is COc1ccc(NC(=O)c2ccc(C)c([N+](=O)[O-])c2)cc1Br. The number of anilines is 1. The highest BCUT2D eigenvalue weighted by atomic mass is 79.9. The third-order valence-corrected chi connectivity index (χ3v) is 3.70. The number of nitrogens with zero attached hydrogens (tertiary/aromatic N) is 1. The number of ether oxygens (including phenoxy) is 1. The zero-order chi connectivity index (χ0) is 16.3. The molecule has 0 aliphatic heterocycles. The highest BCUT2D eigenvalue weighted by Crippen LogP contribution is 2.28. The highest BCUT2D eigenvalue weighted by Gasteiger charge is 2.15. The molecule has 0 bridgehead atoms. The molecule has 7 heteroatoms. The van der Waals surface area contributed by atoms with Crippen LogP contribution in [0.3, 0.4) is 0 Å². The Labute approximate surface area is 135 Å². The molecule has 0 spiro atoms. The molecule has 1 N–H and O–H groups in total. The molecule has 0 saturated heterocycles. The van der Waals surface area contributed by atoms with Gasteiger partial charge < -0.3 is 10.1 Å². The summed E-state index contributed by atoms with van der Waals surface area (Å²) in [6.45, 7) is 1.63. The van der Waals surface area contributed by atoms with Gasteiger partial charge in [-0.3, -0.25) is 14.9 Å². The Kier molecular flexibility index (Phi) is 4.77. The van der Waals surface area contributed by atoms with Crippen molar-refractivity contribution < 1.29 is 14.5 Å². The number of methoxy groups -OCH3 is 1. The molecule has 0 aromatic heterocycles. The summed E-state index contributed by atoms with van der Waals surface area (Å²) < 4.78 is 5.81. The number of carbonyl (C=O) groups excluding carboxylic acids is 1. The van der Waals surface area contributed by atoms with Gasteiger partial charge in [0.05, 0.1) is 16.5 Å². The fourth-order valence-electron chi connectivity index (χ4n) is 1.89. The first kappa shape index (κ1) is 16.0. The van der Waals surface area contributed by atoms with Crippen LogP contribution in [0.2, 0.25) is 0 Å². The van der Waals surface area contributed by atoms with Crippen LogP contribution in [-0.2, 0) is 0 Å². The Morgan fingerprint density at radius 2 is 2.00 bits per heavy atom. The van der Waals surface area contributed by atoms with Crippen molar-refractivity contribution in [3.63, 3.8) is 0 Å². The number of nitro groups is 1. The van der Waals surface area contributed by atoms with Gasteiger partial charge >= 0.3 is 0 Å². The van der Waals surface area contributed by atoms with Crippen molar-refractivity contribution in [2.75, 3.05) is 12.4 Å². The van der Waals surface area contributed by atoms with E-state index in [9.17, 15) is 14.9 Å². The Morgan fingerprint density at radius 1 is 1.27 bits per heavy atom. The van der Waals surface area contributed by atoms with E-state index in [0.717, 1.165) is 0 Å². The third kappa shape index (κ3) is 3.43. The molecule has 22 heavy (non-hydrogen) atoms. The van der Waals surface area contributed by atoms with Crippen molar-refractivity contribution in [3.8, 4) is 5.75 Å². The van der Waals surface area contributed by atoms with Crippen LogP contribution in [0.4, 0.5) is 11.4 Å². The molecular formula is C15H13BrN2O4. The number of benzene rings is 2. The summed E-state index contributed by atoms with van der Waals surface area (Å²) in [4.78, 5) is 22.6. The van der Waals surface area contributed by atoms with E-state index in [1.807, 2.05) is 0 Å². The van der Waals surface area contributed by atoms with E-state index in [4.69, 9.17) is 4.74 Å². The number of halogens is 1.